The number of nitriles is 1. The number of amides is 1. The molecule has 6 heteroatoms. The summed E-state index contributed by atoms with van der Waals surface area (Å²) in [6, 6.07) is 10.1. The highest BCUT2D eigenvalue weighted by molar-refractivity contribution is 6.32. The summed E-state index contributed by atoms with van der Waals surface area (Å²) in [6.07, 6.45) is 1.34. The summed E-state index contributed by atoms with van der Waals surface area (Å²) >= 11 is 5.71. The van der Waals surface area contributed by atoms with E-state index in [4.69, 9.17) is 26.0 Å². The number of furan rings is 1. The van der Waals surface area contributed by atoms with Crippen molar-refractivity contribution in [3.63, 3.8) is 0 Å². The van der Waals surface area contributed by atoms with Crippen molar-refractivity contribution in [1.82, 2.24) is 0 Å². The molecule has 1 aromatic heterocycles. The maximum absolute atomic E-state index is 11.9. The van der Waals surface area contributed by atoms with Gasteiger partial charge in [0.15, 0.2) is 6.61 Å². The summed E-state index contributed by atoms with van der Waals surface area (Å²) in [7, 11) is 0. The lowest BCUT2D eigenvalue weighted by Crippen LogP contribution is -2.11. The lowest BCUT2D eigenvalue weighted by atomic mass is 10.2. The van der Waals surface area contributed by atoms with Crippen molar-refractivity contribution in [2.24, 2.45) is 0 Å². The number of anilines is 1. The molecule has 0 spiro atoms. The Morgan fingerprint density at radius 3 is 3.00 bits per heavy atom. The van der Waals surface area contributed by atoms with E-state index in [9.17, 15) is 4.79 Å². The molecular weight excluding hydrogens is 268 g/mol. The molecule has 0 aliphatic heterocycles. The first kappa shape index (κ1) is 13.0. The first-order valence-corrected chi connectivity index (χ1v) is 5.72. The number of nitrogens with one attached hydrogen (secondary N) is 1. The standard InChI is InChI=1S/C13H9ClN2O3/c14-12-11(4-6-19-12)13(17)16-9-2-1-3-10(8-9)18-7-5-15/h1-4,6,8H,7H2,(H,16,17). The Morgan fingerprint density at radius 1 is 1.47 bits per heavy atom. The smallest absolute Gasteiger partial charge is 0.260 e. The largest absolute Gasteiger partial charge is 0.479 e. The summed E-state index contributed by atoms with van der Waals surface area (Å²) in [5.74, 6) is 0.119. The molecule has 0 fully saturated rings. The van der Waals surface area contributed by atoms with Gasteiger partial charge in [0, 0.05) is 11.8 Å². The third-order valence-corrected chi connectivity index (χ3v) is 2.55. The molecule has 1 N–H and O–H groups in total. The Bertz CT molecular complexity index is 631. The van der Waals surface area contributed by atoms with Gasteiger partial charge >= 0.3 is 0 Å². The Labute approximate surface area is 114 Å². The zero-order valence-electron chi connectivity index (χ0n) is 9.72. The number of carbonyl (C=O) groups is 1. The highest BCUT2D eigenvalue weighted by atomic mass is 35.5. The van der Waals surface area contributed by atoms with E-state index >= 15 is 0 Å². The van der Waals surface area contributed by atoms with Crippen LogP contribution < -0.4 is 10.1 Å². The monoisotopic (exact) mass is 276 g/mol. The van der Waals surface area contributed by atoms with Crippen LogP contribution in [0.15, 0.2) is 41.0 Å². The minimum Gasteiger partial charge on any atom is -0.479 e. The van der Waals surface area contributed by atoms with E-state index in [0.717, 1.165) is 0 Å². The second-order valence-electron chi connectivity index (χ2n) is 3.54. The van der Waals surface area contributed by atoms with E-state index in [1.807, 2.05) is 6.07 Å². The Kier molecular flexibility index (Phi) is 4.06. The van der Waals surface area contributed by atoms with Crippen LogP contribution in [0.25, 0.3) is 0 Å². The fraction of sp³-hybridized carbons (Fsp3) is 0.0769. The van der Waals surface area contributed by atoms with Crippen LogP contribution >= 0.6 is 11.6 Å². The molecule has 0 saturated carbocycles. The molecule has 0 aliphatic carbocycles. The van der Waals surface area contributed by atoms with Gasteiger partial charge in [-0.1, -0.05) is 6.07 Å². The zero-order chi connectivity index (χ0) is 13.7. The van der Waals surface area contributed by atoms with E-state index in [0.29, 0.717) is 11.4 Å². The minimum absolute atomic E-state index is 0.0365. The molecule has 1 aromatic carbocycles. The minimum atomic E-state index is -0.379. The Hall–Kier alpha value is -2.45. The van der Waals surface area contributed by atoms with Crippen molar-refractivity contribution in [1.29, 1.82) is 5.26 Å². The lowest BCUT2D eigenvalue weighted by molar-refractivity contribution is 0.102. The molecule has 19 heavy (non-hydrogen) atoms. The van der Waals surface area contributed by atoms with Crippen LogP contribution in [0.1, 0.15) is 10.4 Å². The van der Waals surface area contributed by atoms with Crippen molar-refractivity contribution in [2.45, 2.75) is 0 Å². The summed E-state index contributed by atoms with van der Waals surface area (Å²) in [6.45, 7) is -0.0506. The number of benzene rings is 1. The van der Waals surface area contributed by atoms with Crippen LogP contribution in [0.3, 0.4) is 0 Å². The molecule has 0 atom stereocenters. The molecule has 5 nitrogen and oxygen atoms in total. The molecule has 1 amide bonds. The maximum atomic E-state index is 11.9. The SMILES string of the molecule is N#CCOc1cccc(NC(=O)c2ccoc2Cl)c1. The molecule has 1 heterocycles. The number of rotatable bonds is 4. The van der Waals surface area contributed by atoms with Crippen LogP contribution in [0, 0.1) is 11.3 Å². The van der Waals surface area contributed by atoms with Crippen molar-refractivity contribution >= 4 is 23.2 Å². The predicted octanol–water partition coefficient (Wildman–Crippen LogP) is 3.09. The molecule has 0 aliphatic rings. The van der Waals surface area contributed by atoms with Crippen molar-refractivity contribution in [3.8, 4) is 11.8 Å². The van der Waals surface area contributed by atoms with Gasteiger partial charge in [-0.15, -0.1) is 0 Å². The van der Waals surface area contributed by atoms with E-state index in [1.165, 1.54) is 12.3 Å². The fourth-order valence-electron chi connectivity index (χ4n) is 1.43. The van der Waals surface area contributed by atoms with Crippen molar-refractivity contribution < 1.29 is 13.9 Å². The van der Waals surface area contributed by atoms with Gasteiger partial charge in [0.25, 0.3) is 5.91 Å². The Morgan fingerprint density at radius 2 is 2.32 bits per heavy atom. The number of hydrogen-bond donors (Lipinski definition) is 1. The zero-order valence-corrected chi connectivity index (χ0v) is 10.5. The van der Waals surface area contributed by atoms with Crippen LogP contribution in [0.4, 0.5) is 5.69 Å². The Balaban J connectivity index is 2.09. The number of hydrogen-bond acceptors (Lipinski definition) is 4. The average Bonchev–Trinajstić information content (AvgIpc) is 2.83. The summed E-state index contributed by atoms with van der Waals surface area (Å²) in [4.78, 5) is 11.9. The van der Waals surface area contributed by atoms with Gasteiger partial charge < -0.3 is 14.5 Å². The van der Waals surface area contributed by atoms with Gasteiger partial charge in [0.05, 0.1) is 11.8 Å². The number of ether oxygens (including phenoxy) is 1. The van der Waals surface area contributed by atoms with Gasteiger partial charge in [-0.25, -0.2) is 0 Å². The summed E-state index contributed by atoms with van der Waals surface area (Å²) in [5.41, 5.74) is 0.794. The second kappa shape index (κ2) is 5.94. The quantitative estimate of drug-likeness (QED) is 0.931. The highest BCUT2D eigenvalue weighted by Gasteiger charge is 2.13. The fourth-order valence-corrected chi connectivity index (χ4v) is 1.63. The number of halogens is 1. The molecule has 0 saturated heterocycles. The third-order valence-electron chi connectivity index (χ3n) is 2.26. The van der Waals surface area contributed by atoms with Crippen LogP contribution in [0.2, 0.25) is 5.22 Å². The lowest BCUT2D eigenvalue weighted by Gasteiger charge is -2.06. The van der Waals surface area contributed by atoms with Crippen LogP contribution in [-0.2, 0) is 0 Å². The van der Waals surface area contributed by atoms with Crippen LogP contribution in [-0.4, -0.2) is 12.5 Å². The number of carbonyl (C=O) groups excluding carboxylic acids is 1. The van der Waals surface area contributed by atoms with E-state index in [1.54, 1.807) is 24.3 Å². The normalized spacial score (nSPS) is 9.68. The molecule has 0 radical (unpaired) electrons. The van der Waals surface area contributed by atoms with E-state index < -0.39 is 0 Å². The van der Waals surface area contributed by atoms with E-state index in [-0.39, 0.29) is 23.3 Å². The van der Waals surface area contributed by atoms with Gasteiger partial charge in [-0.05, 0) is 29.8 Å². The topological polar surface area (TPSA) is 75.3 Å². The highest BCUT2D eigenvalue weighted by Crippen LogP contribution is 2.21. The molecule has 0 bridgehead atoms. The number of nitrogens with zero attached hydrogens (tertiary/aromatic N) is 1. The average molecular weight is 277 g/mol. The molecule has 2 aromatic rings. The first-order valence-electron chi connectivity index (χ1n) is 5.35. The molecule has 0 unspecified atom stereocenters. The summed E-state index contributed by atoms with van der Waals surface area (Å²) < 4.78 is 9.98. The van der Waals surface area contributed by atoms with Gasteiger partial charge in [0.1, 0.15) is 11.8 Å². The van der Waals surface area contributed by atoms with Gasteiger partial charge in [-0.2, -0.15) is 5.26 Å². The molecular formula is C13H9ClN2O3. The first-order chi connectivity index (χ1) is 9.20. The third kappa shape index (κ3) is 3.27. The predicted molar refractivity (Wildman–Crippen MR) is 69.2 cm³/mol. The van der Waals surface area contributed by atoms with Crippen molar-refractivity contribution in [2.75, 3.05) is 11.9 Å². The van der Waals surface area contributed by atoms with Crippen LogP contribution in [0.5, 0.6) is 5.75 Å². The molecule has 2 rings (SSSR count). The summed E-state index contributed by atoms with van der Waals surface area (Å²) in [5, 5.41) is 11.1. The van der Waals surface area contributed by atoms with E-state index in [2.05, 4.69) is 5.32 Å². The molecule has 96 valence electrons. The maximum Gasteiger partial charge on any atom is 0.260 e. The van der Waals surface area contributed by atoms with Crippen molar-refractivity contribution in [3.05, 3.63) is 47.4 Å². The van der Waals surface area contributed by atoms with Gasteiger partial charge in [0.2, 0.25) is 5.22 Å². The second-order valence-corrected chi connectivity index (χ2v) is 3.88. The van der Waals surface area contributed by atoms with Gasteiger partial charge in [-0.3, -0.25) is 4.79 Å².